The molecule has 0 spiro atoms. The topological polar surface area (TPSA) is 113 Å². The van der Waals surface area contributed by atoms with Crippen molar-refractivity contribution in [2.24, 2.45) is 51.2 Å². The molecule has 0 aromatic heterocycles. The largest absolute Gasteiger partial charge is 0.481 e. The summed E-state index contributed by atoms with van der Waals surface area (Å²) in [4.78, 5) is 25.4. The molecule has 3 N–H and O–H groups in total. The number of hydrogen-bond donors (Lipinski definition) is 3. The highest BCUT2D eigenvalue weighted by atomic mass is 28.4. The third-order valence-electron chi connectivity index (χ3n) is 16.9. The molecule has 4 saturated carbocycles. The normalized spacial score (nSPS) is 31.9. The van der Waals surface area contributed by atoms with Gasteiger partial charge < -0.3 is 24.5 Å². The van der Waals surface area contributed by atoms with Gasteiger partial charge in [0.15, 0.2) is 0 Å². The Morgan fingerprint density at radius 3 is 1.91 bits per heavy atom. The van der Waals surface area contributed by atoms with Crippen molar-refractivity contribution in [3.63, 3.8) is 0 Å². The smallest absolute Gasteiger partial charge is 0.314 e. The van der Waals surface area contributed by atoms with Crippen LogP contribution in [0.25, 0.3) is 0 Å². The highest BCUT2D eigenvalue weighted by Gasteiger charge is 2.62. The summed E-state index contributed by atoms with van der Waals surface area (Å²) in [5, 5.41) is 32.5. The zero-order valence-corrected chi connectivity index (χ0v) is 38.4. The molecule has 2 aromatic carbocycles. The van der Waals surface area contributed by atoms with Crippen molar-refractivity contribution >= 4 is 30.6 Å². The van der Waals surface area contributed by atoms with Crippen LogP contribution >= 0.6 is 0 Å². The number of carbonyl (C=O) groups is 2. The van der Waals surface area contributed by atoms with Gasteiger partial charge in [-0.25, -0.2) is 0 Å². The number of aliphatic hydroxyl groups excluding tert-OH is 2. The van der Waals surface area contributed by atoms with Crippen molar-refractivity contribution in [2.45, 2.75) is 176 Å². The number of fused-ring (bicyclic) bond motifs is 5. The zero-order valence-electron chi connectivity index (χ0n) is 37.4. The van der Waals surface area contributed by atoms with Crippen LogP contribution in [0.5, 0.6) is 0 Å². The van der Waals surface area contributed by atoms with Gasteiger partial charge in [-0.1, -0.05) is 109 Å². The molecule has 11 atom stereocenters. The lowest BCUT2D eigenvalue weighted by Crippen LogP contribution is -2.68. The van der Waals surface area contributed by atoms with Crippen molar-refractivity contribution in [2.75, 3.05) is 0 Å². The monoisotopic (exact) mass is 817 g/mol. The second kappa shape index (κ2) is 16.7. The molecule has 322 valence electrons. The van der Waals surface area contributed by atoms with Crippen molar-refractivity contribution in [3.05, 3.63) is 60.7 Å². The van der Waals surface area contributed by atoms with E-state index in [2.05, 4.69) is 116 Å². The summed E-state index contributed by atoms with van der Waals surface area (Å²) in [6.07, 6.45) is 8.33. The van der Waals surface area contributed by atoms with Gasteiger partial charge in [-0.2, -0.15) is 0 Å². The first-order valence-electron chi connectivity index (χ1n) is 22.6. The molecule has 8 heteroatoms. The molecular weight excluding hydrogens is 741 g/mol. The SMILES string of the molecule is C[C@@H](O[Si](c1ccccc1)(c1ccccc1)C(C)(C)C)C(C)(C)C(=O)OC1CC[C@@]2(C)C(CCC3C2CC[C@@]2(C)C3CC[C@@H]2C(C)(C)C[C@@H](O)CC(O)CC(=O)O)C1. The first-order valence-corrected chi connectivity index (χ1v) is 24.5. The predicted molar refractivity (Wildman–Crippen MR) is 234 cm³/mol. The summed E-state index contributed by atoms with van der Waals surface area (Å²) in [6.45, 7) is 22.6. The summed E-state index contributed by atoms with van der Waals surface area (Å²) < 4.78 is 14.0. The fourth-order valence-corrected chi connectivity index (χ4v) is 18.5. The van der Waals surface area contributed by atoms with Gasteiger partial charge >= 0.3 is 11.9 Å². The third-order valence-corrected chi connectivity index (χ3v) is 22.0. The first-order chi connectivity index (χ1) is 27.1. The number of aliphatic hydroxyl groups is 2. The number of carboxylic acids is 1. The number of benzene rings is 2. The van der Waals surface area contributed by atoms with Crippen molar-refractivity contribution in [1.29, 1.82) is 0 Å². The van der Waals surface area contributed by atoms with E-state index in [-0.39, 0.29) is 52.3 Å². The van der Waals surface area contributed by atoms with E-state index < -0.39 is 31.9 Å². The molecule has 0 amide bonds. The van der Waals surface area contributed by atoms with Crippen LogP contribution in [0.4, 0.5) is 0 Å². The van der Waals surface area contributed by atoms with Crippen LogP contribution < -0.4 is 10.4 Å². The second-order valence-corrected chi connectivity index (χ2v) is 26.4. The molecular formula is C50H76O7Si. The molecule has 4 fully saturated rings. The Bertz CT molecular complexity index is 1680. The van der Waals surface area contributed by atoms with Gasteiger partial charge in [0.25, 0.3) is 8.32 Å². The van der Waals surface area contributed by atoms with Crippen LogP contribution in [0, 0.1) is 51.2 Å². The summed E-state index contributed by atoms with van der Waals surface area (Å²) >= 11 is 0. The second-order valence-electron chi connectivity index (χ2n) is 22.1. The Kier molecular flexibility index (Phi) is 13.0. The Morgan fingerprint density at radius 2 is 1.34 bits per heavy atom. The number of rotatable bonds is 14. The van der Waals surface area contributed by atoms with Crippen molar-refractivity contribution in [3.8, 4) is 0 Å². The first kappa shape index (κ1) is 45.0. The lowest BCUT2D eigenvalue weighted by Gasteiger charge is -2.62. The Morgan fingerprint density at radius 1 is 0.776 bits per heavy atom. The van der Waals surface area contributed by atoms with Gasteiger partial charge in [-0.05, 0) is 153 Å². The molecule has 58 heavy (non-hydrogen) atoms. The highest BCUT2D eigenvalue weighted by molar-refractivity contribution is 6.99. The van der Waals surface area contributed by atoms with Crippen LogP contribution in [0.3, 0.4) is 0 Å². The Balaban J connectivity index is 1.11. The average molecular weight is 817 g/mol. The van der Waals surface area contributed by atoms with Crippen molar-refractivity contribution < 1.29 is 34.1 Å². The minimum atomic E-state index is -2.86. The van der Waals surface area contributed by atoms with E-state index >= 15 is 0 Å². The highest BCUT2D eigenvalue weighted by Crippen LogP contribution is 2.70. The molecule has 7 nitrogen and oxygen atoms in total. The van der Waals surface area contributed by atoms with Crippen molar-refractivity contribution in [1.82, 2.24) is 0 Å². The number of carboxylic acid groups (broad SMARTS) is 1. The van der Waals surface area contributed by atoms with Gasteiger partial charge in [-0.15, -0.1) is 0 Å². The molecule has 0 radical (unpaired) electrons. The van der Waals surface area contributed by atoms with Gasteiger partial charge in [0.1, 0.15) is 6.10 Å². The number of aliphatic carboxylic acids is 1. The molecule has 0 saturated heterocycles. The van der Waals surface area contributed by atoms with E-state index in [4.69, 9.17) is 14.3 Å². The van der Waals surface area contributed by atoms with Gasteiger partial charge in [-0.3, -0.25) is 9.59 Å². The van der Waals surface area contributed by atoms with Gasteiger partial charge in [0.05, 0.1) is 30.1 Å². The van der Waals surface area contributed by atoms with Crippen LogP contribution in [-0.4, -0.2) is 60.0 Å². The summed E-state index contributed by atoms with van der Waals surface area (Å²) in [5.74, 6) is 1.86. The Hall–Kier alpha value is -2.52. The van der Waals surface area contributed by atoms with Gasteiger partial charge in [0, 0.05) is 0 Å². The molecule has 2 aromatic rings. The standard InChI is InChI=1S/C50H76O7Si/c1-33(57-58(46(2,3)4,38-17-13-11-14-18-38)39-19-15-12-16-20-39)48(7,8)45(55)56-37-25-27-49(9)34(29-37)21-22-40-41-23-24-43(50(41,10)28-26-42(40)49)47(5,6)32-36(52)30-35(51)31-44(53)54/h11-20,33-37,40-43,51-52H,21-32H2,1-10H3,(H,53,54)/t33-,34?,35?,36+,37?,40?,41?,42?,43-,49+,50+/m1/s1. The maximum absolute atomic E-state index is 14.3. The molecule has 0 heterocycles. The molecule has 4 aliphatic rings. The van der Waals surface area contributed by atoms with Crippen LogP contribution in [-0.2, 0) is 18.8 Å². The average Bonchev–Trinajstić information content (AvgIpc) is 3.51. The fourth-order valence-electron chi connectivity index (χ4n) is 13.6. The quantitative estimate of drug-likeness (QED) is 0.129. The van der Waals surface area contributed by atoms with Crippen LogP contribution in [0.15, 0.2) is 60.7 Å². The van der Waals surface area contributed by atoms with Crippen LogP contribution in [0.2, 0.25) is 5.04 Å². The minimum absolute atomic E-state index is 0.0765. The minimum Gasteiger partial charge on any atom is -0.481 e. The maximum atomic E-state index is 14.3. The van der Waals surface area contributed by atoms with E-state index in [1.54, 1.807) is 0 Å². The third kappa shape index (κ3) is 8.39. The molecule has 6 rings (SSSR count). The fraction of sp³-hybridized carbons (Fsp3) is 0.720. The zero-order chi connectivity index (χ0) is 42.5. The maximum Gasteiger partial charge on any atom is 0.314 e. The van der Waals surface area contributed by atoms with Gasteiger partial charge in [0.2, 0.25) is 0 Å². The predicted octanol–water partition coefficient (Wildman–Crippen LogP) is 9.55. The number of hydrogen-bond acceptors (Lipinski definition) is 6. The summed E-state index contributed by atoms with van der Waals surface area (Å²) in [5.41, 5.74) is -0.511. The van der Waals surface area contributed by atoms with E-state index in [1.807, 2.05) is 13.8 Å². The van der Waals surface area contributed by atoms with E-state index in [9.17, 15) is 19.8 Å². The number of carbonyl (C=O) groups excluding carboxylic acids is 1. The molecule has 6 unspecified atom stereocenters. The lowest BCUT2D eigenvalue weighted by atomic mass is 9.44. The number of ether oxygens (including phenoxy) is 1. The lowest BCUT2D eigenvalue weighted by molar-refractivity contribution is -0.176. The molecule has 0 aliphatic heterocycles. The summed E-state index contributed by atoms with van der Waals surface area (Å²) in [7, 11) is -2.86. The summed E-state index contributed by atoms with van der Waals surface area (Å²) in [6, 6.07) is 21.3. The van der Waals surface area contributed by atoms with E-state index in [0.29, 0.717) is 36.0 Å². The van der Waals surface area contributed by atoms with Crippen LogP contribution in [0.1, 0.15) is 146 Å². The molecule has 0 bridgehead atoms. The Labute approximate surface area is 351 Å². The van der Waals surface area contributed by atoms with E-state index in [1.165, 1.54) is 42.5 Å². The van der Waals surface area contributed by atoms with E-state index in [0.717, 1.165) is 25.7 Å². The number of esters is 1. The molecule has 4 aliphatic carbocycles.